The fraction of sp³-hybridized carbons (Fsp3) is 0.882. The molecule has 1 fully saturated rings. The summed E-state index contributed by atoms with van der Waals surface area (Å²) in [6.45, 7) is 12.5. The van der Waals surface area contributed by atoms with E-state index in [1.165, 1.54) is 44.1 Å². The standard InChI is InChI=1S/C17H33NO/c1-5-12-18-16(13-14(3)4)17(19-6-2)15-10-8-7-9-11-15/h15-18H,3,5-13H2,1-2,4H3. The zero-order chi connectivity index (χ0) is 14.1. The highest BCUT2D eigenvalue weighted by atomic mass is 16.5. The molecule has 2 heteroatoms. The minimum absolute atomic E-state index is 0.369. The van der Waals surface area contributed by atoms with Gasteiger partial charge in [-0.2, -0.15) is 0 Å². The monoisotopic (exact) mass is 267 g/mol. The highest BCUT2D eigenvalue weighted by Crippen LogP contribution is 2.30. The van der Waals surface area contributed by atoms with Crippen LogP contribution in [0.2, 0.25) is 0 Å². The third kappa shape index (κ3) is 6.09. The quantitative estimate of drug-likeness (QED) is 0.629. The number of rotatable bonds is 9. The zero-order valence-corrected chi connectivity index (χ0v) is 13.2. The molecule has 2 nitrogen and oxygen atoms in total. The summed E-state index contributed by atoms with van der Waals surface area (Å²) in [6.07, 6.45) is 9.42. The van der Waals surface area contributed by atoms with Crippen LogP contribution in [0.3, 0.4) is 0 Å². The average Bonchev–Trinajstić information content (AvgIpc) is 2.41. The summed E-state index contributed by atoms with van der Waals surface area (Å²) in [6, 6.07) is 0.445. The van der Waals surface area contributed by atoms with Crippen molar-refractivity contribution in [2.24, 2.45) is 5.92 Å². The molecular formula is C17H33NO. The number of ether oxygens (including phenoxy) is 1. The van der Waals surface area contributed by atoms with Gasteiger partial charge in [0, 0.05) is 12.6 Å². The van der Waals surface area contributed by atoms with E-state index in [4.69, 9.17) is 4.74 Å². The van der Waals surface area contributed by atoms with Crippen molar-refractivity contribution in [3.05, 3.63) is 12.2 Å². The summed E-state index contributed by atoms with van der Waals surface area (Å²) in [5, 5.41) is 3.70. The summed E-state index contributed by atoms with van der Waals surface area (Å²) in [7, 11) is 0. The molecule has 2 unspecified atom stereocenters. The molecule has 0 radical (unpaired) electrons. The van der Waals surface area contributed by atoms with Gasteiger partial charge in [-0.1, -0.05) is 31.8 Å². The van der Waals surface area contributed by atoms with E-state index in [0.29, 0.717) is 12.1 Å². The summed E-state index contributed by atoms with van der Waals surface area (Å²) < 4.78 is 6.14. The van der Waals surface area contributed by atoms with E-state index in [-0.39, 0.29) is 0 Å². The first-order valence-corrected chi connectivity index (χ1v) is 8.18. The minimum atomic E-state index is 0.369. The van der Waals surface area contributed by atoms with Gasteiger partial charge in [-0.15, -0.1) is 6.58 Å². The van der Waals surface area contributed by atoms with Gasteiger partial charge in [-0.25, -0.2) is 0 Å². The van der Waals surface area contributed by atoms with Gasteiger partial charge in [0.1, 0.15) is 0 Å². The Balaban J connectivity index is 2.67. The predicted octanol–water partition coefficient (Wildman–Crippen LogP) is 4.31. The van der Waals surface area contributed by atoms with Crippen LogP contribution in [0.1, 0.15) is 65.7 Å². The second-order valence-electron chi connectivity index (χ2n) is 6.04. The summed E-state index contributed by atoms with van der Waals surface area (Å²) in [4.78, 5) is 0. The van der Waals surface area contributed by atoms with Crippen LogP contribution < -0.4 is 5.32 Å². The minimum Gasteiger partial charge on any atom is -0.377 e. The van der Waals surface area contributed by atoms with Crippen molar-refractivity contribution in [3.8, 4) is 0 Å². The summed E-state index contributed by atoms with van der Waals surface area (Å²) in [5.41, 5.74) is 1.26. The number of hydrogen-bond donors (Lipinski definition) is 1. The molecule has 0 aromatic carbocycles. The smallest absolute Gasteiger partial charge is 0.0759 e. The van der Waals surface area contributed by atoms with Crippen molar-refractivity contribution >= 4 is 0 Å². The molecule has 1 N–H and O–H groups in total. The molecule has 0 spiro atoms. The highest BCUT2D eigenvalue weighted by molar-refractivity contribution is 4.97. The van der Waals surface area contributed by atoms with Gasteiger partial charge < -0.3 is 10.1 Å². The van der Waals surface area contributed by atoms with Gasteiger partial charge >= 0.3 is 0 Å². The van der Waals surface area contributed by atoms with Gasteiger partial charge in [-0.3, -0.25) is 0 Å². The molecule has 1 aliphatic carbocycles. The molecule has 0 saturated heterocycles. The molecule has 1 rings (SSSR count). The normalized spacial score (nSPS) is 20.2. The maximum atomic E-state index is 6.14. The van der Waals surface area contributed by atoms with Crippen LogP contribution in [-0.4, -0.2) is 25.3 Å². The van der Waals surface area contributed by atoms with Crippen molar-refractivity contribution in [1.82, 2.24) is 5.32 Å². The molecule has 0 aromatic heterocycles. The third-order valence-corrected chi connectivity index (χ3v) is 4.10. The van der Waals surface area contributed by atoms with E-state index in [1.807, 2.05) is 0 Å². The fourth-order valence-electron chi connectivity index (χ4n) is 3.25. The molecule has 19 heavy (non-hydrogen) atoms. The Labute approximate surface area is 120 Å². The van der Waals surface area contributed by atoms with E-state index in [2.05, 4.69) is 32.7 Å². The van der Waals surface area contributed by atoms with Crippen molar-refractivity contribution in [2.75, 3.05) is 13.2 Å². The molecule has 0 aromatic rings. The van der Waals surface area contributed by atoms with E-state index < -0.39 is 0 Å². The Kier molecular flexibility index (Phi) is 8.40. The second kappa shape index (κ2) is 9.55. The second-order valence-corrected chi connectivity index (χ2v) is 6.04. The Bertz CT molecular complexity index is 246. The molecule has 112 valence electrons. The van der Waals surface area contributed by atoms with Crippen LogP contribution in [0, 0.1) is 5.92 Å². The molecular weight excluding hydrogens is 234 g/mol. The van der Waals surface area contributed by atoms with Crippen molar-refractivity contribution in [2.45, 2.75) is 77.9 Å². The van der Waals surface area contributed by atoms with Gasteiger partial charge in [0.25, 0.3) is 0 Å². The molecule has 0 bridgehead atoms. The van der Waals surface area contributed by atoms with Crippen LogP contribution in [0.15, 0.2) is 12.2 Å². The van der Waals surface area contributed by atoms with E-state index in [9.17, 15) is 0 Å². The first-order valence-electron chi connectivity index (χ1n) is 8.18. The molecule has 2 atom stereocenters. The largest absolute Gasteiger partial charge is 0.377 e. The lowest BCUT2D eigenvalue weighted by Gasteiger charge is -2.36. The van der Waals surface area contributed by atoms with Gasteiger partial charge in [0.2, 0.25) is 0 Å². The Morgan fingerprint density at radius 2 is 1.95 bits per heavy atom. The Hall–Kier alpha value is -0.340. The average molecular weight is 267 g/mol. The lowest BCUT2D eigenvalue weighted by Crippen LogP contribution is -2.46. The van der Waals surface area contributed by atoms with Gasteiger partial charge in [0.05, 0.1) is 6.10 Å². The Morgan fingerprint density at radius 1 is 1.26 bits per heavy atom. The molecule has 1 saturated carbocycles. The first kappa shape index (κ1) is 16.7. The first-order chi connectivity index (χ1) is 9.19. The molecule has 0 heterocycles. The summed E-state index contributed by atoms with van der Waals surface area (Å²) in [5.74, 6) is 0.738. The van der Waals surface area contributed by atoms with Crippen LogP contribution in [0.25, 0.3) is 0 Å². The maximum Gasteiger partial charge on any atom is 0.0759 e. The van der Waals surface area contributed by atoms with Crippen molar-refractivity contribution in [1.29, 1.82) is 0 Å². The summed E-state index contributed by atoms with van der Waals surface area (Å²) >= 11 is 0. The van der Waals surface area contributed by atoms with Gasteiger partial charge in [0.15, 0.2) is 0 Å². The predicted molar refractivity (Wildman–Crippen MR) is 83.5 cm³/mol. The van der Waals surface area contributed by atoms with E-state index in [0.717, 1.165) is 25.5 Å². The number of nitrogens with one attached hydrogen (secondary N) is 1. The van der Waals surface area contributed by atoms with Crippen LogP contribution in [0.5, 0.6) is 0 Å². The van der Waals surface area contributed by atoms with E-state index >= 15 is 0 Å². The zero-order valence-electron chi connectivity index (χ0n) is 13.2. The number of hydrogen-bond acceptors (Lipinski definition) is 2. The lowest BCUT2D eigenvalue weighted by atomic mass is 9.81. The molecule has 0 amide bonds. The van der Waals surface area contributed by atoms with Crippen molar-refractivity contribution in [3.63, 3.8) is 0 Å². The Morgan fingerprint density at radius 3 is 2.47 bits per heavy atom. The lowest BCUT2D eigenvalue weighted by molar-refractivity contribution is -0.0174. The maximum absolute atomic E-state index is 6.14. The SMILES string of the molecule is C=C(C)CC(NCCC)C(OCC)C1CCCCC1. The van der Waals surface area contributed by atoms with Crippen LogP contribution in [0.4, 0.5) is 0 Å². The topological polar surface area (TPSA) is 21.3 Å². The van der Waals surface area contributed by atoms with Crippen molar-refractivity contribution < 1.29 is 4.74 Å². The van der Waals surface area contributed by atoms with Gasteiger partial charge in [-0.05, 0) is 52.0 Å². The van der Waals surface area contributed by atoms with Crippen LogP contribution in [-0.2, 0) is 4.74 Å². The van der Waals surface area contributed by atoms with E-state index in [1.54, 1.807) is 0 Å². The molecule has 0 aliphatic heterocycles. The fourth-order valence-corrected chi connectivity index (χ4v) is 3.25. The molecule has 1 aliphatic rings. The highest BCUT2D eigenvalue weighted by Gasteiger charge is 2.30. The van der Waals surface area contributed by atoms with Crippen LogP contribution >= 0.6 is 0 Å². The third-order valence-electron chi connectivity index (χ3n) is 4.10.